The van der Waals surface area contributed by atoms with Gasteiger partial charge in [-0.3, -0.25) is 0 Å². The van der Waals surface area contributed by atoms with Crippen molar-refractivity contribution in [3.63, 3.8) is 0 Å². The summed E-state index contributed by atoms with van der Waals surface area (Å²) in [6.07, 6.45) is 0. The molecule has 94 valence electrons. The fourth-order valence-electron chi connectivity index (χ4n) is 3.59. The second-order valence-electron chi connectivity index (χ2n) is 5.22. The van der Waals surface area contributed by atoms with Gasteiger partial charge in [-0.1, -0.05) is 30.1 Å². The van der Waals surface area contributed by atoms with Gasteiger partial charge >= 0.3 is 0 Å². The van der Waals surface area contributed by atoms with Gasteiger partial charge in [0, 0.05) is 50.6 Å². The SMILES string of the molecule is c1cc2sc3sc4ccc5c6c7c(c1SS=7S5)c2c3c46. The third-order valence-electron chi connectivity index (χ3n) is 4.32. The first-order valence-electron chi connectivity index (χ1n) is 6.33. The zero-order chi connectivity index (χ0) is 12.6. The molecule has 2 aromatic heterocycles. The number of benzene rings is 3. The lowest BCUT2D eigenvalue weighted by molar-refractivity contribution is 1.57. The maximum absolute atomic E-state index is 2.35. The molecule has 20 heavy (non-hydrogen) atoms. The maximum atomic E-state index is 2.35. The van der Waals surface area contributed by atoms with Crippen LogP contribution >= 0.6 is 52.8 Å². The first-order chi connectivity index (χ1) is 9.90. The van der Waals surface area contributed by atoms with Crippen molar-refractivity contribution in [1.29, 1.82) is 0 Å². The van der Waals surface area contributed by atoms with E-state index in [1.54, 1.807) is 31.4 Å². The van der Waals surface area contributed by atoms with Crippen molar-refractivity contribution in [2.75, 3.05) is 0 Å². The van der Waals surface area contributed by atoms with E-state index in [1.807, 2.05) is 22.7 Å². The highest BCUT2D eigenvalue weighted by Gasteiger charge is 2.30. The van der Waals surface area contributed by atoms with Crippen LogP contribution in [0.15, 0.2) is 34.1 Å². The highest BCUT2D eigenvalue weighted by Crippen LogP contribution is 2.68. The Balaban J connectivity index is 2.13. The predicted molar refractivity (Wildman–Crippen MR) is 97.1 cm³/mol. The molecule has 2 aliphatic heterocycles. The molecule has 0 fully saturated rings. The van der Waals surface area contributed by atoms with Gasteiger partial charge in [-0.2, -0.15) is 0 Å². The van der Waals surface area contributed by atoms with Gasteiger partial charge in [0.1, 0.15) is 0 Å². The summed E-state index contributed by atoms with van der Waals surface area (Å²) < 4.78 is 6.15. The third kappa shape index (κ3) is 0.887. The smallest absolute Gasteiger partial charge is 0.0890 e. The van der Waals surface area contributed by atoms with Gasteiger partial charge in [-0.25, -0.2) is 0 Å². The molecule has 5 aromatic rings. The Morgan fingerprint density at radius 1 is 0.650 bits per heavy atom. The molecular weight excluding hydrogens is 341 g/mol. The molecule has 0 radical (unpaired) electrons. The Morgan fingerprint density at radius 3 is 1.85 bits per heavy atom. The first kappa shape index (κ1) is 10.3. The van der Waals surface area contributed by atoms with E-state index in [9.17, 15) is 0 Å². The van der Waals surface area contributed by atoms with Gasteiger partial charge in [0.05, 0.1) is 4.01 Å². The van der Waals surface area contributed by atoms with Gasteiger partial charge in [0.15, 0.2) is 0 Å². The molecule has 0 amide bonds. The van der Waals surface area contributed by atoms with Crippen LogP contribution in [-0.4, -0.2) is 0 Å². The van der Waals surface area contributed by atoms with Crippen LogP contribution in [-0.2, 0) is 0 Å². The van der Waals surface area contributed by atoms with E-state index in [2.05, 4.69) is 45.9 Å². The molecule has 0 nitrogen and oxygen atoms in total. The van der Waals surface area contributed by atoms with E-state index < -0.39 is 0 Å². The van der Waals surface area contributed by atoms with Crippen molar-refractivity contribution < 1.29 is 0 Å². The van der Waals surface area contributed by atoms with E-state index in [0.29, 0.717) is 8.55 Å². The number of hydrogen-bond donors (Lipinski definition) is 0. The molecule has 4 heterocycles. The molecule has 0 bridgehead atoms. The second kappa shape index (κ2) is 3.01. The van der Waals surface area contributed by atoms with E-state index in [0.717, 1.165) is 0 Å². The van der Waals surface area contributed by atoms with Crippen LogP contribution in [0.2, 0.25) is 0 Å². The maximum Gasteiger partial charge on any atom is 0.0890 e. The minimum Gasteiger partial charge on any atom is -0.124 e. The largest absolute Gasteiger partial charge is 0.124 e. The fourth-order valence-corrected chi connectivity index (χ4v) is 13.5. The quantitative estimate of drug-likeness (QED) is 0.166. The van der Waals surface area contributed by atoms with Crippen LogP contribution in [0.1, 0.15) is 0 Å². The number of thiophene rings is 2. The Morgan fingerprint density at radius 2 is 1.25 bits per heavy atom. The summed E-state index contributed by atoms with van der Waals surface area (Å²) in [5, 5.41) is 7.88. The Bertz CT molecular complexity index is 1190. The Kier molecular flexibility index (Phi) is 1.55. The average Bonchev–Trinajstić information content (AvgIpc) is 3.13. The van der Waals surface area contributed by atoms with Crippen molar-refractivity contribution in [2.45, 2.75) is 9.79 Å². The zero-order valence-corrected chi connectivity index (χ0v) is 13.9. The third-order valence-corrected chi connectivity index (χ3v) is 13.0. The molecule has 0 atom stereocenters. The van der Waals surface area contributed by atoms with Gasteiger partial charge in [0.2, 0.25) is 0 Å². The number of rotatable bonds is 0. The first-order valence-corrected chi connectivity index (χ1v) is 11.9. The molecule has 0 saturated carbocycles. The van der Waals surface area contributed by atoms with Crippen LogP contribution < -0.4 is 0 Å². The predicted octanol–water partition coefficient (Wildman–Crippen LogP) is 7.14. The van der Waals surface area contributed by atoms with E-state index >= 15 is 0 Å². The monoisotopic (exact) mass is 344 g/mol. The molecule has 7 rings (SSSR count). The van der Waals surface area contributed by atoms with Crippen LogP contribution in [0.25, 0.3) is 40.3 Å². The van der Waals surface area contributed by atoms with Crippen molar-refractivity contribution in [3.05, 3.63) is 28.8 Å². The highest BCUT2D eigenvalue weighted by atomic mass is 33.5. The minimum atomic E-state index is 0.293. The van der Waals surface area contributed by atoms with Crippen molar-refractivity contribution in [1.82, 2.24) is 0 Å². The summed E-state index contributed by atoms with van der Waals surface area (Å²) in [6, 6.07) is 9.39. The van der Waals surface area contributed by atoms with E-state index in [-0.39, 0.29) is 0 Å². The molecule has 0 aliphatic carbocycles. The van der Waals surface area contributed by atoms with Crippen molar-refractivity contribution in [2.24, 2.45) is 0 Å². The molecule has 0 N–H and O–H groups in total. The van der Waals surface area contributed by atoms with Crippen LogP contribution in [0.3, 0.4) is 0 Å². The molecule has 0 unspecified atom stereocenters. The van der Waals surface area contributed by atoms with Gasteiger partial charge in [-0.05, 0) is 24.3 Å². The topological polar surface area (TPSA) is 0 Å². The van der Waals surface area contributed by atoms with Gasteiger partial charge in [0.25, 0.3) is 0 Å². The van der Waals surface area contributed by atoms with Gasteiger partial charge < -0.3 is 0 Å². The van der Waals surface area contributed by atoms with Gasteiger partial charge in [-0.15, -0.1) is 22.7 Å². The zero-order valence-electron chi connectivity index (χ0n) is 9.85. The Labute approximate surface area is 131 Å². The lowest BCUT2D eigenvalue weighted by atomic mass is 10.00. The van der Waals surface area contributed by atoms with Crippen molar-refractivity contribution in [3.8, 4) is 0 Å². The summed E-state index contributed by atoms with van der Waals surface area (Å²) in [6.45, 7) is 0. The molecule has 5 heteroatoms. The number of hydrogen-bond acceptors (Lipinski definition) is 4. The summed E-state index contributed by atoms with van der Waals surface area (Å²) in [7, 11) is 4.46. The Hall–Kier alpha value is -0.460. The lowest BCUT2D eigenvalue weighted by Crippen LogP contribution is -1.80. The summed E-state index contributed by atoms with van der Waals surface area (Å²) >= 11 is 3.97. The summed E-state index contributed by atoms with van der Waals surface area (Å²) in [5.41, 5.74) is 0. The fraction of sp³-hybridized carbons (Fsp3) is 0. The van der Waals surface area contributed by atoms with Crippen LogP contribution in [0.5, 0.6) is 0 Å². The summed E-state index contributed by atoms with van der Waals surface area (Å²) in [4.78, 5) is 3.03. The molecular formula is C15H4S5. The second-order valence-corrected chi connectivity index (χ2v) is 13.3. The normalized spacial score (nSPS) is 17.4. The molecule has 3 aromatic carbocycles. The van der Waals surface area contributed by atoms with Crippen molar-refractivity contribution >= 4 is 93.2 Å². The van der Waals surface area contributed by atoms with E-state index in [4.69, 9.17) is 0 Å². The molecule has 2 aliphatic rings. The standard InChI is InChI=1S/C15H4S5/c1-3-7-11-9-5(1)16-15-13(9)10-6(17-15)2-4-8-12(10)14(11)20(18-7)19-8/h1-4H. The molecule has 0 saturated heterocycles. The summed E-state index contributed by atoms with van der Waals surface area (Å²) in [5.74, 6) is 0. The highest BCUT2D eigenvalue weighted by molar-refractivity contribution is 9.14. The lowest BCUT2D eigenvalue weighted by Gasteiger charge is -2.07. The van der Waals surface area contributed by atoms with E-state index in [1.165, 1.54) is 23.2 Å². The average molecular weight is 345 g/mol. The molecule has 0 spiro atoms. The van der Waals surface area contributed by atoms with Crippen LogP contribution in [0, 0.1) is 4.51 Å². The van der Waals surface area contributed by atoms with Crippen LogP contribution in [0.4, 0.5) is 0 Å². The minimum absolute atomic E-state index is 0.293.